The van der Waals surface area contributed by atoms with E-state index in [-0.39, 0.29) is 25.7 Å². The lowest BCUT2D eigenvalue weighted by Crippen LogP contribution is -2.18. The number of ether oxygens (including phenoxy) is 1. The number of rotatable bonds is 10. The molecular weight excluding hydrogens is 384 g/mol. The van der Waals surface area contributed by atoms with Crippen LogP contribution in [0, 0.1) is 5.92 Å². The van der Waals surface area contributed by atoms with Crippen molar-refractivity contribution >= 4 is 33.8 Å². The lowest BCUT2D eigenvalue weighted by atomic mass is 9.83. The van der Waals surface area contributed by atoms with Crippen molar-refractivity contribution in [3.05, 3.63) is 28.2 Å². The third-order valence-corrected chi connectivity index (χ3v) is 4.33. The molecule has 0 aromatic heterocycles. The van der Waals surface area contributed by atoms with Crippen LogP contribution in [0.15, 0.2) is 22.7 Å². The van der Waals surface area contributed by atoms with Gasteiger partial charge < -0.3 is 20.1 Å². The minimum Gasteiger partial charge on any atom is -0.497 e. The summed E-state index contributed by atoms with van der Waals surface area (Å²) >= 11 is 3.36. The molecule has 0 unspecified atom stereocenters. The Morgan fingerprint density at radius 2 is 1.58 bits per heavy atom. The number of hydrogen-bond acceptors (Lipinski definition) is 4. The molecule has 3 N–H and O–H groups in total. The molecule has 0 bridgehead atoms. The predicted molar refractivity (Wildman–Crippen MR) is 88.3 cm³/mol. The molecule has 0 aliphatic rings. The highest BCUT2D eigenvalue weighted by atomic mass is 79.9. The molecule has 0 saturated carbocycles. The molecule has 0 radical (unpaired) electrons. The summed E-state index contributed by atoms with van der Waals surface area (Å²) in [6.45, 7) is 0. The third kappa shape index (κ3) is 6.57. The van der Waals surface area contributed by atoms with Crippen molar-refractivity contribution in [3.63, 3.8) is 0 Å². The van der Waals surface area contributed by atoms with Crippen molar-refractivity contribution in [1.82, 2.24) is 0 Å². The Labute approximate surface area is 147 Å². The zero-order chi connectivity index (χ0) is 18.3. The van der Waals surface area contributed by atoms with Crippen LogP contribution in [0.25, 0.3) is 0 Å². The Morgan fingerprint density at radius 3 is 2.04 bits per heavy atom. The molecule has 0 aliphatic carbocycles. The lowest BCUT2D eigenvalue weighted by molar-refractivity contribution is -0.140. The van der Waals surface area contributed by atoms with E-state index in [2.05, 4.69) is 15.9 Å². The summed E-state index contributed by atoms with van der Waals surface area (Å²) in [5, 5.41) is 27.1. The summed E-state index contributed by atoms with van der Waals surface area (Å²) in [7, 11) is 1.48. The molecule has 0 amide bonds. The zero-order valence-electron chi connectivity index (χ0n) is 13.1. The quantitative estimate of drug-likeness (QED) is 0.549. The number of carboxylic acid groups (broad SMARTS) is 3. The number of methoxy groups -OCH3 is 1. The van der Waals surface area contributed by atoms with Crippen LogP contribution in [0.5, 0.6) is 5.75 Å². The van der Waals surface area contributed by atoms with Crippen molar-refractivity contribution < 1.29 is 34.4 Å². The van der Waals surface area contributed by atoms with E-state index >= 15 is 0 Å². The van der Waals surface area contributed by atoms with Gasteiger partial charge >= 0.3 is 17.9 Å². The van der Waals surface area contributed by atoms with Crippen molar-refractivity contribution in [1.29, 1.82) is 0 Å². The third-order valence-electron chi connectivity index (χ3n) is 3.61. The first-order valence-electron chi connectivity index (χ1n) is 7.21. The highest BCUT2D eigenvalue weighted by Gasteiger charge is 2.26. The maximum absolute atomic E-state index is 11.2. The summed E-state index contributed by atoms with van der Waals surface area (Å²) in [6, 6.07) is 5.10. The topological polar surface area (TPSA) is 121 Å². The van der Waals surface area contributed by atoms with Gasteiger partial charge in [-0.2, -0.15) is 0 Å². The largest absolute Gasteiger partial charge is 0.497 e. The van der Waals surface area contributed by atoms with Crippen molar-refractivity contribution in [2.45, 2.75) is 31.6 Å². The predicted octanol–water partition coefficient (Wildman–Crippen LogP) is 2.97. The second-order valence-corrected chi connectivity index (χ2v) is 6.33. The number of carboxylic acids is 3. The van der Waals surface area contributed by atoms with Gasteiger partial charge in [0.2, 0.25) is 0 Å². The van der Waals surface area contributed by atoms with Crippen LogP contribution in [0.4, 0.5) is 0 Å². The van der Waals surface area contributed by atoms with Gasteiger partial charge in [0.25, 0.3) is 0 Å². The van der Waals surface area contributed by atoms with Gasteiger partial charge in [0, 0.05) is 17.3 Å². The number of hydrogen-bond donors (Lipinski definition) is 3. The van der Waals surface area contributed by atoms with Crippen LogP contribution in [0.2, 0.25) is 0 Å². The molecule has 1 rings (SSSR count). The van der Waals surface area contributed by atoms with E-state index in [1.54, 1.807) is 18.2 Å². The van der Waals surface area contributed by atoms with Crippen LogP contribution in [0.1, 0.15) is 37.2 Å². The highest BCUT2D eigenvalue weighted by molar-refractivity contribution is 9.10. The van der Waals surface area contributed by atoms with Gasteiger partial charge in [0.15, 0.2) is 0 Å². The average Bonchev–Trinajstić information content (AvgIpc) is 2.45. The molecular formula is C16H19BrO7. The van der Waals surface area contributed by atoms with E-state index in [9.17, 15) is 14.4 Å². The normalized spacial score (nSPS) is 12.0. The fraction of sp³-hybridized carbons (Fsp3) is 0.438. The summed E-state index contributed by atoms with van der Waals surface area (Å²) in [5.41, 5.74) is 0.650. The van der Waals surface area contributed by atoms with Gasteiger partial charge in [-0.3, -0.25) is 14.4 Å². The lowest BCUT2D eigenvalue weighted by Gasteiger charge is -2.22. The smallest absolute Gasteiger partial charge is 0.303 e. The molecule has 0 heterocycles. The summed E-state index contributed by atoms with van der Waals surface area (Å²) in [4.78, 5) is 33.1. The monoisotopic (exact) mass is 402 g/mol. The Hall–Kier alpha value is -2.09. The van der Waals surface area contributed by atoms with Gasteiger partial charge in [-0.1, -0.05) is 15.9 Å². The van der Waals surface area contributed by atoms with Gasteiger partial charge in [0.1, 0.15) is 5.75 Å². The SMILES string of the molecule is COc1ccc(Br)c([C@@H](CC(=O)O)CC(CC(=O)O)CC(=O)O)c1. The van der Waals surface area contributed by atoms with Crippen LogP contribution >= 0.6 is 15.9 Å². The van der Waals surface area contributed by atoms with E-state index in [0.29, 0.717) is 15.8 Å². The van der Waals surface area contributed by atoms with E-state index < -0.39 is 29.7 Å². The molecule has 0 spiro atoms. The summed E-state index contributed by atoms with van der Waals surface area (Å²) in [5.74, 6) is -3.92. The molecule has 0 saturated heterocycles. The zero-order valence-corrected chi connectivity index (χ0v) is 14.7. The van der Waals surface area contributed by atoms with Crippen molar-refractivity contribution in [2.24, 2.45) is 5.92 Å². The van der Waals surface area contributed by atoms with Crippen LogP contribution in [-0.4, -0.2) is 40.3 Å². The number of halogens is 1. The van der Waals surface area contributed by atoms with Gasteiger partial charge in [-0.05, 0) is 42.0 Å². The van der Waals surface area contributed by atoms with Crippen molar-refractivity contribution in [2.75, 3.05) is 7.11 Å². The first kappa shape index (κ1) is 20.0. The first-order valence-corrected chi connectivity index (χ1v) is 8.01. The fourth-order valence-electron chi connectivity index (χ4n) is 2.63. The van der Waals surface area contributed by atoms with Crippen LogP contribution in [0.3, 0.4) is 0 Å². The molecule has 7 nitrogen and oxygen atoms in total. The molecule has 132 valence electrons. The molecule has 1 aromatic carbocycles. The van der Waals surface area contributed by atoms with Gasteiger partial charge in [0.05, 0.1) is 13.5 Å². The highest BCUT2D eigenvalue weighted by Crippen LogP contribution is 2.36. The summed E-state index contributed by atoms with van der Waals surface area (Å²) < 4.78 is 5.81. The molecule has 0 fully saturated rings. The Bertz CT molecular complexity index is 598. The number of carbonyl (C=O) groups is 3. The second-order valence-electron chi connectivity index (χ2n) is 5.48. The molecule has 8 heteroatoms. The maximum Gasteiger partial charge on any atom is 0.303 e. The second kappa shape index (κ2) is 9.27. The fourth-order valence-corrected chi connectivity index (χ4v) is 3.20. The maximum atomic E-state index is 11.2. The van der Waals surface area contributed by atoms with E-state index in [1.165, 1.54) is 7.11 Å². The first-order chi connectivity index (χ1) is 11.2. The minimum atomic E-state index is -1.11. The minimum absolute atomic E-state index is 0.136. The van der Waals surface area contributed by atoms with Gasteiger partial charge in [-0.25, -0.2) is 0 Å². The number of aliphatic carboxylic acids is 3. The van der Waals surface area contributed by atoms with E-state index in [1.807, 2.05) is 0 Å². The Kier molecular flexibility index (Phi) is 7.70. The molecule has 1 aromatic rings. The van der Waals surface area contributed by atoms with E-state index in [0.717, 1.165) is 0 Å². The number of benzene rings is 1. The summed E-state index contributed by atoms with van der Waals surface area (Å²) in [6.07, 6.45) is -0.758. The van der Waals surface area contributed by atoms with E-state index in [4.69, 9.17) is 20.1 Å². The van der Waals surface area contributed by atoms with Crippen LogP contribution in [-0.2, 0) is 14.4 Å². The molecule has 1 atom stereocenters. The average molecular weight is 403 g/mol. The Balaban J connectivity index is 3.12. The Morgan fingerprint density at radius 1 is 1.04 bits per heavy atom. The molecule has 24 heavy (non-hydrogen) atoms. The molecule has 0 aliphatic heterocycles. The van der Waals surface area contributed by atoms with Crippen LogP contribution < -0.4 is 4.74 Å². The standard InChI is InChI=1S/C16H19BrO7/c1-24-11-2-3-13(17)12(8-11)10(7-16(22)23)4-9(5-14(18)19)6-15(20)21/h2-3,8-10H,4-7H2,1H3,(H,18,19)(H,20,21)(H,22,23)/t10-/m1/s1. The van der Waals surface area contributed by atoms with Gasteiger partial charge in [-0.15, -0.1) is 0 Å². The van der Waals surface area contributed by atoms with Crippen molar-refractivity contribution in [3.8, 4) is 5.75 Å².